The van der Waals surface area contributed by atoms with E-state index < -0.39 is 21.7 Å². The topological polar surface area (TPSA) is 114 Å². The summed E-state index contributed by atoms with van der Waals surface area (Å²) in [6, 6.07) is 12.5. The molecule has 2 N–H and O–H groups in total. The molecule has 0 saturated carbocycles. The fraction of sp³-hybridized carbons (Fsp3) is 0.414. The summed E-state index contributed by atoms with van der Waals surface area (Å²) >= 11 is 1.37. The highest BCUT2D eigenvalue weighted by Gasteiger charge is 2.26. The summed E-state index contributed by atoms with van der Waals surface area (Å²) in [7, 11) is -3.86. The Morgan fingerprint density at radius 3 is 2.28 bits per heavy atom. The predicted octanol–water partition coefficient (Wildman–Crippen LogP) is 6.67. The molecule has 8 nitrogen and oxygen atoms in total. The third-order valence-electron chi connectivity index (χ3n) is 5.57. The third-order valence-corrected chi connectivity index (χ3v) is 8.45. The van der Waals surface area contributed by atoms with Crippen LogP contribution >= 0.6 is 11.3 Å². The summed E-state index contributed by atoms with van der Waals surface area (Å²) in [6.45, 7) is 12.7. The lowest BCUT2D eigenvalue weighted by Gasteiger charge is -2.22. The second kappa shape index (κ2) is 12.4. The number of nitrogens with zero attached hydrogens (tertiary/aromatic N) is 1. The van der Waals surface area contributed by atoms with Crippen molar-refractivity contribution in [1.82, 2.24) is 9.71 Å². The van der Waals surface area contributed by atoms with Gasteiger partial charge in [0.05, 0.1) is 15.9 Å². The molecule has 0 atom stereocenters. The van der Waals surface area contributed by atoms with Gasteiger partial charge in [0, 0.05) is 40.9 Å². The number of thiazole rings is 1. The summed E-state index contributed by atoms with van der Waals surface area (Å²) in [6.07, 6.45) is 1.74. The van der Waals surface area contributed by atoms with Crippen LogP contribution in [0.4, 0.5) is 10.5 Å². The molecule has 1 heterocycles. The Morgan fingerprint density at radius 1 is 1.03 bits per heavy atom. The zero-order valence-corrected chi connectivity index (χ0v) is 25.1. The number of carbonyl (C=O) groups is 2. The summed E-state index contributed by atoms with van der Waals surface area (Å²) in [5, 5.41) is 3.39. The summed E-state index contributed by atoms with van der Waals surface area (Å²) in [4.78, 5) is 29.4. The number of amides is 1. The second-order valence-electron chi connectivity index (χ2n) is 11.0. The van der Waals surface area contributed by atoms with E-state index in [0.29, 0.717) is 34.0 Å². The highest BCUT2D eigenvalue weighted by atomic mass is 32.2. The number of Topliss-reactive ketones (excluding diaryl/α,β-unsaturated/α-hetero) is 1. The Bertz CT molecular complexity index is 1420. The zero-order valence-electron chi connectivity index (χ0n) is 23.5. The maximum atomic E-state index is 13.5. The molecule has 0 aliphatic heterocycles. The molecule has 1 aromatic heterocycles. The molecular formula is C29H37N3O5S2. The average Bonchev–Trinajstić information content (AvgIpc) is 3.31. The number of aryl methyl sites for hydroxylation is 1. The van der Waals surface area contributed by atoms with E-state index in [1.54, 1.807) is 65.1 Å². The third kappa shape index (κ3) is 8.71. The highest BCUT2D eigenvalue weighted by Crippen LogP contribution is 2.36. The standard InChI is InChI=1S/C29H37N3O5S2/c1-18(2)24(33)15-9-20-8-14-23(26(16-20)39(35,36)32-29(5,6)7)25-17-30-27(38-25)21-10-12-22(13-11-21)31-28(34)37-19(3)4/h8,10-14,16-19,32H,9,15H2,1-7H3,(H,31,34). The van der Waals surface area contributed by atoms with Crippen molar-refractivity contribution in [3.63, 3.8) is 0 Å². The van der Waals surface area contributed by atoms with Gasteiger partial charge in [-0.05, 0) is 76.9 Å². The van der Waals surface area contributed by atoms with Crippen LogP contribution in [0.2, 0.25) is 0 Å². The number of benzene rings is 2. The van der Waals surface area contributed by atoms with E-state index in [9.17, 15) is 18.0 Å². The first-order valence-corrected chi connectivity index (χ1v) is 15.2. The lowest BCUT2D eigenvalue weighted by Crippen LogP contribution is -2.40. The normalized spacial score (nSPS) is 12.1. The quantitative estimate of drug-likeness (QED) is 0.281. The molecule has 3 aromatic rings. The Balaban J connectivity index is 1.92. The molecule has 0 aliphatic rings. The summed E-state index contributed by atoms with van der Waals surface area (Å²) in [5.74, 6) is 0.0748. The van der Waals surface area contributed by atoms with Gasteiger partial charge in [0.15, 0.2) is 0 Å². The minimum Gasteiger partial charge on any atom is -0.447 e. The van der Waals surface area contributed by atoms with Crippen molar-refractivity contribution in [1.29, 1.82) is 0 Å². The van der Waals surface area contributed by atoms with Gasteiger partial charge < -0.3 is 4.74 Å². The van der Waals surface area contributed by atoms with Gasteiger partial charge in [0.1, 0.15) is 10.8 Å². The van der Waals surface area contributed by atoms with Gasteiger partial charge in [-0.15, -0.1) is 11.3 Å². The van der Waals surface area contributed by atoms with Crippen LogP contribution in [0.5, 0.6) is 0 Å². The van der Waals surface area contributed by atoms with Crippen molar-refractivity contribution in [3.8, 4) is 21.0 Å². The molecule has 0 spiro atoms. The van der Waals surface area contributed by atoms with Gasteiger partial charge in [0.2, 0.25) is 10.0 Å². The van der Waals surface area contributed by atoms with E-state index in [1.165, 1.54) is 11.3 Å². The predicted molar refractivity (Wildman–Crippen MR) is 156 cm³/mol. The SMILES string of the molecule is CC(C)OC(=O)Nc1ccc(-c2ncc(-c3ccc(CCC(=O)C(C)C)cc3S(=O)(=O)NC(C)(C)C)s2)cc1. The Morgan fingerprint density at radius 2 is 1.69 bits per heavy atom. The maximum Gasteiger partial charge on any atom is 0.411 e. The van der Waals surface area contributed by atoms with Crippen molar-refractivity contribution >= 4 is 38.9 Å². The van der Waals surface area contributed by atoms with Crippen LogP contribution in [0.3, 0.4) is 0 Å². The molecule has 2 aromatic carbocycles. The first-order chi connectivity index (χ1) is 18.1. The Hall–Kier alpha value is -3.08. The van der Waals surface area contributed by atoms with E-state index in [-0.39, 0.29) is 22.7 Å². The molecule has 0 bridgehead atoms. The van der Waals surface area contributed by atoms with Crippen molar-refractivity contribution in [3.05, 3.63) is 54.2 Å². The second-order valence-corrected chi connectivity index (χ2v) is 13.7. The maximum absolute atomic E-state index is 13.5. The van der Waals surface area contributed by atoms with Gasteiger partial charge >= 0.3 is 6.09 Å². The number of aromatic nitrogens is 1. The van der Waals surface area contributed by atoms with E-state index in [1.807, 2.05) is 32.0 Å². The molecule has 39 heavy (non-hydrogen) atoms. The first kappa shape index (κ1) is 30.5. The molecule has 210 valence electrons. The number of rotatable bonds is 10. The molecule has 0 saturated heterocycles. The van der Waals surface area contributed by atoms with Crippen LogP contribution in [0, 0.1) is 5.92 Å². The average molecular weight is 572 g/mol. The van der Waals surface area contributed by atoms with Crippen LogP contribution in [-0.4, -0.2) is 36.9 Å². The molecule has 0 fully saturated rings. The summed E-state index contributed by atoms with van der Waals surface area (Å²) < 4.78 is 34.8. The number of ether oxygens (including phenoxy) is 1. The van der Waals surface area contributed by atoms with Crippen molar-refractivity contribution < 1.29 is 22.7 Å². The lowest BCUT2D eigenvalue weighted by molar-refractivity contribution is -0.121. The van der Waals surface area contributed by atoms with E-state index in [0.717, 1.165) is 11.1 Å². The molecule has 10 heteroatoms. The number of carbonyl (C=O) groups excluding carboxylic acids is 2. The van der Waals surface area contributed by atoms with Gasteiger partial charge in [-0.3, -0.25) is 10.1 Å². The fourth-order valence-corrected chi connectivity index (χ4v) is 6.47. The molecule has 3 rings (SSSR count). The minimum absolute atomic E-state index is 0.0654. The largest absolute Gasteiger partial charge is 0.447 e. The minimum atomic E-state index is -3.86. The van der Waals surface area contributed by atoms with Crippen molar-refractivity contribution in [2.24, 2.45) is 5.92 Å². The lowest BCUT2D eigenvalue weighted by atomic mass is 10.0. The van der Waals surface area contributed by atoms with Crippen LogP contribution < -0.4 is 10.0 Å². The van der Waals surface area contributed by atoms with Gasteiger partial charge in [-0.2, -0.15) is 0 Å². The van der Waals surface area contributed by atoms with E-state index >= 15 is 0 Å². The summed E-state index contributed by atoms with van der Waals surface area (Å²) in [5.41, 5.74) is 2.08. The number of hydrogen-bond donors (Lipinski definition) is 2. The van der Waals surface area contributed by atoms with Crippen LogP contribution in [-0.2, 0) is 26.0 Å². The number of nitrogens with one attached hydrogen (secondary N) is 2. The van der Waals surface area contributed by atoms with E-state index in [4.69, 9.17) is 4.74 Å². The van der Waals surface area contributed by atoms with Crippen molar-refractivity contribution in [2.45, 2.75) is 77.8 Å². The molecular weight excluding hydrogens is 534 g/mol. The highest BCUT2D eigenvalue weighted by molar-refractivity contribution is 7.89. The number of anilines is 1. The number of hydrogen-bond acceptors (Lipinski definition) is 7. The number of ketones is 1. The van der Waals surface area contributed by atoms with Gasteiger partial charge in [0.25, 0.3) is 0 Å². The monoisotopic (exact) mass is 571 g/mol. The fourth-order valence-electron chi connectivity index (χ4n) is 3.75. The van der Waals surface area contributed by atoms with Crippen LogP contribution in [0.25, 0.3) is 21.0 Å². The van der Waals surface area contributed by atoms with Crippen molar-refractivity contribution in [2.75, 3.05) is 5.32 Å². The Kier molecular flexibility index (Phi) is 9.69. The first-order valence-electron chi connectivity index (χ1n) is 12.9. The molecule has 0 radical (unpaired) electrons. The van der Waals surface area contributed by atoms with Gasteiger partial charge in [-0.1, -0.05) is 26.0 Å². The van der Waals surface area contributed by atoms with Gasteiger partial charge in [-0.25, -0.2) is 22.9 Å². The zero-order chi connectivity index (χ0) is 29.0. The number of sulfonamides is 1. The molecule has 0 unspecified atom stereocenters. The van der Waals surface area contributed by atoms with Crippen LogP contribution in [0.15, 0.2) is 53.6 Å². The molecule has 0 aliphatic carbocycles. The van der Waals surface area contributed by atoms with E-state index in [2.05, 4.69) is 15.0 Å². The van der Waals surface area contributed by atoms with Crippen LogP contribution in [0.1, 0.15) is 60.5 Å². The Labute approximate surface area is 235 Å². The molecule has 1 amide bonds. The smallest absolute Gasteiger partial charge is 0.411 e.